The van der Waals surface area contributed by atoms with Crippen molar-refractivity contribution >= 4 is 33.3 Å². The van der Waals surface area contributed by atoms with Gasteiger partial charge in [-0.1, -0.05) is 30.3 Å². The maximum Gasteiger partial charge on any atom is 0.338 e. The largest absolute Gasteiger partial charge is 0.462 e. The molecule has 3 rings (SSSR count). The second-order valence-electron chi connectivity index (χ2n) is 6.71. The Balaban J connectivity index is 1.83. The summed E-state index contributed by atoms with van der Waals surface area (Å²) in [5.74, 6) is -0.994. The van der Waals surface area contributed by atoms with E-state index in [0.29, 0.717) is 22.5 Å². The van der Waals surface area contributed by atoms with Gasteiger partial charge in [0.1, 0.15) is 0 Å². The van der Waals surface area contributed by atoms with E-state index in [2.05, 4.69) is 10.0 Å². The summed E-state index contributed by atoms with van der Waals surface area (Å²) in [5, 5.41) is 2.68. The summed E-state index contributed by atoms with van der Waals surface area (Å²) in [7, 11) is -3.89. The van der Waals surface area contributed by atoms with Crippen LogP contribution < -0.4 is 10.0 Å². The Morgan fingerprint density at radius 3 is 2.29 bits per heavy atom. The molecule has 0 aromatic heterocycles. The Morgan fingerprint density at radius 1 is 0.871 bits per heavy atom. The minimum Gasteiger partial charge on any atom is -0.462 e. The van der Waals surface area contributed by atoms with Crippen molar-refractivity contribution in [1.29, 1.82) is 0 Å². The Morgan fingerprint density at radius 2 is 1.58 bits per heavy atom. The number of hydrogen-bond donors (Lipinski definition) is 2. The molecule has 2 N–H and O–H groups in total. The van der Waals surface area contributed by atoms with Crippen molar-refractivity contribution in [3.8, 4) is 0 Å². The first kappa shape index (κ1) is 22.0. The van der Waals surface area contributed by atoms with Crippen molar-refractivity contribution in [3.05, 3.63) is 89.5 Å². The number of sulfonamides is 1. The number of nitrogens with one attached hydrogen (secondary N) is 2. The third-order valence-corrected chi connectivity index (χ3v) is 5.92. The van der Waals surface area contributed by atoms with Gasteiger partial charge in [0.15, 0.2) is 0 Å². The number of para-hydroxylation sites is 1. The number of ether oxygens (including phenoxy) is 1. The maximum absolute atomic E-state index is 12.8. The van der Waals surface area contributed by atoms with Gasteiger partial charge in [0.05, 0.1) is 17.1 Å². The van der Waals surface area contributed by atoms with Gasteiger partial charge in [-0.25, -0.2) is 13.2 Å². The van der Waals surface area contributed by atoms with E-state index in [-0.39, 0.29) is 17.1 Å². The van der Waals surface area contributed by atoms with Crippen LogP contribution in [0.3, 0.4) is 0 Å². The number of carbonyl (C=O) groups is 2. The molecule has 7 nitrogen and oxygen atoms in total. The third-order valence-electron chi connectivity index (χ3n) is 4.40. The molecule has 0 aliphatic heterocycles. The molecule has 8 heteroatoms. The van der Waals surface area contributed by atoms with Crippen LogP contribution in [0.15, 0.2) is 77.7 Å². The number of rotatable bonds is 7. The number of carbonyl (C=O) groups excluding carboxylic acids is 2. The highest BCUT2D eigenvalue weighted by atomic mass is 32.2. The first-order chi connectivity index (χ1) is 14.8. The lowest BCUT2D eigenvalue weighted by Gasteiger charge is -2.12. The highest BCUT2D eigenvalue weighted by molar-refractivity contribution is 7.92. The zero-order valence-corrected chi connectivity index (χ0v) is 17.9. The fourth-order valence-electron chi connectivity index (χ4n) is 2.89. The molecular formula is C23H22N2O5S. The van der Waals surface area contributed by atoms with E-state index in [1.807, 2.05) is 0 Å². The molecule has 0 aliphatic rings. The lowest BCUT2D eigenvalue weighted by molar-refractivity contribution is 0.0526. The molecule has 0 saturated carbocycles. The van der Waals surface area contributed by atoms with Crippen LogP contribution in [-0.2, 0) is 14.8 Å². The quantitative estimate of drug-likeness (QED) is 0.538. The molecule has 0 heterocycles. The van der Waals surface area contributed by atoms with E-state index < -0.39 is 21.9 Å². The zero-order chi connectivity index (χ0) is 22.4. The fraction of sp³-hybridized carbons (Fsp3) is 0.130. The van der Waals surface area contributed by atoms with Gasteiger partial charge in [0.25, 0.3) is 15.9 Å². The summed E-state index contributed by atoms with van der Waals surface area (Å²) >= 11 is 0. The Bertz CT molecular complexity index is 1210. The predicted octanol–water partition coefficient (Wildman–Crippen LogP) is 4.22. The van der Waals surface area contributed by atoms with Gasteiger partial charge in [-0.3, -0.25) is 9.52 Å². The molecule has 1 amide bonds. The SMILES string of the molecule is CCOC(=O)c1cccc(NC(=O)c2ccc(C)c(S(=O)(=O)Nc3ccccc3)c2)c1. The zero-order valence-electron chi connectivity index (χ0n) is 17.1. The van der Waals surface area contributed by atoms with Crippen molar-refractivity contribution in [1.82, 2.24) is 0 Å². The van der Waals surface area contributed by atoms with Crippen LogP contribution in [0.5, 0.6) is 0 Å². The molecule has 3 aromatic carbocycles. The van der Waals surface area contributed by atoms with E-state index in [1.54, 1.807) is 74.5 Å². The summed E-state index contributed by atoms with van der Waals surface area (Å²) in [4.78, 5) is 24.6. The third kappa shape index (κ3) is 5.49. The Labute approximate surface area is 181 Å². The standard InChI is InChI=1S/C23H22N2O5S/c1-3-30-23(27)18-8-7-11-20(14-18)24-22(26)17-13-12-16(2)21(15-17)31(28,29)25-19-9-5-4-6-10-19/h4-15,25H,3H2,1-2H3,(H,24,26). The van der Waals surface area contributed by atoms with Crippen molar-refractivity contribution in [2.45, 2.75) is 18.7 Å². The average molecular weight is 439 g/mol. The first-order valence-electron chi connectivity index (χ1n) is 9.57. The van der Waals surface area contributed by atoms with E-state index in [1.165, 1.54) is 12.1 Å². The van der Waals surface area contributed by atoms with Crippen molar-refractivity contribution in [3.63, 3.8) is 0 Å². The second kappa shape index (κ2) is 9.44. The molecule has 0 bridgehead atoms. The van der Waals surface area contributed by atoms with Crippen LogP contribution in [0.1, 0.15) is 33.2 Å². The van der Waals surface area contributed by atoms with Crippen LogP contribution in [0.4, 0.5) is 11.4 Å². The molecule has 160 valence electrons. The topological polar surface area (TPSA) is 102 Å². The Kier molecular flexibility index (Phi) is 6.71. The number of benzene rings is 3. The number of aryl methyl sites for hydroxylation is 1. The van der Waals surface area contributed by atoms with Gasteiger partial charge in [-0.15, -0.1) is 0 Å². The normalized spacial score (nSPS) is 10.9. The molecule has 0 radical (unpaired) electrons. The maximum atomic E-state index is 12.8. The number of amides is 1. The molecule has 0 fully saturated rings. The van der Waals surface area contributed by atoms with E-state index in [9.17, 15) is 18.0 Å². The van der Waals surface area contributed by atoms with Crippen molar-refractivity contribution in [2.75, 3.05) is 16.6 Å². The second-order valence-corrected chi connectivity index (χ2v) is 8.36. The van der Waals surface area contributed by atoms with Crippen molar-refractivity contribution in [2.24, 2.45) is 0 Å². The lowest BCUT2D eigenvalue weighted by Crippen LogP contribution is -2.17. The number of esters is 1. The van der Waals surface area contributed by atoms with Gasteiger partial charge >= 0.3 is 5.97 Å². The van der Waals surface area contributed by atoms with Crippen LogP contribution in [0.25, 0.3) is 0 Å². The highest BCUT2D eigenvalue weighted by Crippen LogP contribution is 2.22. The molecular weight excluding hydrogens is 416 g/mol. The molecule has 0 unspecified atom stereocenters. The molecule has 0 spiro atoms. The van der Waals surface area contributed by atoms with Crippen LogP contribution in [0, 0.1) is 6.92 Å². The summed E-state index contributed by atoms with van der Waals surface area (Å²) in [6.07, 6.45) is 0. The molecule has 31 heavy (non-hydrogen) atoms. The monoisotopic (exact) mass is 438 g/mol. The van der Waals surface area contributed by atoms with Crippen LogP contribution in [0.2, 0.25) is 0 Å². The summed E-state index contributed by atoms with van der Waals surface area (Å²) in [6, 6.07) is 19.3. The molecule has 0 saturated heterocycles. The van der Waals surface area contributed by atoms with Crippen LogP contribution in [-0.4, -0.2) is 26.9 Å². The molecule has 0 aliphatic carbocycles. The molecule has 0 atom stereocenters. The smallest absolute Gasteiger partial charge is 0.338 e. The van der Waals surface area contributed by atoms with E-state index >= 15 is 0 Å². The van der Waals surface area contributed by atoms with E-state index in [0.717, 1.165) is 0 Å². The first-order valence-corrected chi connectivity index (χ1v) is 11.1. The summed E-state index contributed by atoms with van der Waals surface area (Å²) < 4.78 is 33.2. The van der Waals surface area contributed by atoms with Crippen molar-refractivity contribution < 1.29 is 22.7 Å². The molecule has 3 aromatic rings. The van der Waals surface area contributed by atoms with Gasteiger partial charge in [-0.2, -0.15) is 0 Å². The summed E-state index contributed by atoms with van der Waals surface area (Å²) in [5.41, 5.74) is 1.79. The fourth-order valence-corrected chi connectivity index (χ4v) is 4.22. The van der Waals surface area contributed by atoms with Gasteiger partial charge in [0, 0.05) is 16.9 Å². The minimum absolute atomic E-state index is 0.00396. The number of hydrogen-bond acceptors (Lipinski definition) is 5. The minimum atomic E-state index is -3.89. The summed E-state index contributed by atoms with van der Waals surface area (Å²) in [6.45, 7) is 3.61. The van der Waals surface area contributed by atoms with Crippen LogP contribution >= 0.6 is 0 Å². The lowest BCUT2D eigenvalue weighted by atomic mass is 10.1. The van der Waals surface area contributed by atoms with Gasteiger partial charge in [0.2, 0.25) is 0 Å². The van der Waals surface area contributed by atoms with Gasteiger partial charge < -0.3 is 10.1 Å². The number of anilines is 2. The predicted molar refractivity (Wildman–Crippen MR) is 119 cm³/mol. The Hall–Kier alpha value is -3.65. The highest BCUT2D eigenvalue weighted by Gasteiger charge is 2.19. The van der Waals surface area contributed by atoms with E-state index in [4.69, 9.17) is 4.74 Å². The van der Waals surface area contributed by atoms with Gasteiger partial charge in [-0.05, 0) is 61.9 Å². The average Bonchev–Trinajstić information content (AvgIpc) is 2.74.